The molecule has 0 radical (unpaired) electrons. The van der Waals surface area contributed by atoms with Gasteiger partial charge < -0.3 is 9.84 Å². The molecule has 1 aliphatic heterocycles. The van der Waals surface area contributed by atoms with Gasteiger partial charge in [0.15, 0.2) is 0 Å². The number of anilines is 1. The minimum absolute atomic E-state index is 0.0740. The monoisotopic (exact) mass is 687 g/mol. The molecule has 3 heterocycles. The van der Waals surface area contributed by atoms with Crippen molar-refractivity contribution in [2.75, 3.05) is 11.3 Å². The molecular weight excluding hydrogens is 647 g/mol. The molecule has 1 aliphatic carbocycles. The fraction of sp³-hybridized carbons (Fsp3) is 0.389. The van der Waals surface area contributed by atoms with E-state index in [4.69, 9.17) is 9.52 Å². The van der Waals surface area contributed by atoms with Crippen molar-refractivity contribution in [3.05, 3.63) is 87.2 Å². The van der Waals surface area contributed by atoms with Crippen LogP contribution in [0.15, 0.2) is 73.7 Å². The van der Waals surface area contributed by atoms with Gasteiger partial charge in [0, 0.05) is 35.0 Å². The number of sulfonamides is 1. The number of thiophene rings is 1. The summed E-state index contributed by atoms with van der Waals surface area (Å²) in [5.74, 6) is 0.850. The van der Waals surface area contributed by atoms with E-state index in [-0.39, 0.29) is 22.6 Å². The summed E-state index contributed by atoms with van der Waals surface area (Å²) in [5, 5.41) is 10.5. The van der Waals surface area contributed by atoms with Crippen molar-refractivity contribution in [2.24, 2.45) is 4.99 Å². The molecule has 252 valence electrons. The van der Waals surface area contributed by atoms with Crippen molar-refractivity contribution < 1.29 is 22.5 Å². The van der Waals surface area contributed by atoms with E-state index in [0.29, 0.717) is 41.9 Å². The standard InChI is InChI=1S/C36H41N5O5S2/c1-4-5-12-32-38-36(17-8-9-18-36)35(43)41(32)22-26-13-14-29(27(21-26)15-19-37-33(42)28-16-20-47-23-28)30-10-6-7-11-31(30)48(44,45)40-34-24(2)25(3)39-46-34/h6-7,10-11,13-14,16,20-21,23,40H,4-5,8-9,12,15,17-19,22H2,1-3H3,(H,37,42). The van der Waals surface area contributed by atoms with Gasteiger partial charge >= 0.3 is 0 Å². The Morgan fingerprint density at radius 2 is 1.85 bits per heavy atom. The van der Waals surface area contributed by atoms with E-state index in [1.54, 1.807) is 49.6 Å². The van der Waals surface area contributed by atoms with Crippen molar-refractivity contribution in [3.63, 3.8) is 0 Å². The molecular formula is C36H41N5O5S2. The first kappa shape index (κ1) is 33.6. The third kappa shape index (κ3) is 6.82. The van der Waals surface area contributed by atoms with Gasteiger partial charge in [0.05, 0.1) is 17.1 Å². The number of nitrogens with one attached hydrogen (secondary N) is 2. The van der Waals surface area contributed by atoms with Gasteiger partial charge in [0.2, 0.25) is 5.88 Å². The lowest BCUT2D eigenvalue weighted by Gasteiger charge is -2.23. The summed E-state index contributed by atoms with van der Waals surface area (Å²) in [6, 6.07) is 14.5. The Balaban J connectivity index is 1.34. The number of aromatic nitrogens is 1. The second-order valence-electron chi connectivity index (χ2n) is 12.6. The van der Waals surface area contributed by atoms with Crippen LogP contribution in [-0.4, -0.2) is 48.2 Å². The number of unbranched alkanes of at least 4 members (excludes halogenated alkanes) is 1. The van der Waals surface area contributed by atoms with E-state index < -0.39 is 15.6 Å². The van der Waals surface area contributed by atoms with Gasteiger partial charge in [-0.1, -0.05) is 67.7 Å². The van der Waals surface area contributed by atoms with Crippen molar-refractivity contribution >= 4 is 44.9 Å². The first-order valence-corrected chi connectivity index (χ1v) is 18.9. The smallest absolute Gasteiger partial charge is 0.264 e. The van der Waals surface area contributed by atoms with Crippen LogP contribution in [0.25, 0.3) is 11.1 Å². The van der Waals surface area contributed by atoms with Crippen molar-refractivity contribution in [2.45, 2.75) is 89.1 Å². The van der Waals surface area contributed by atoms with Crippen molar-refractivity contribution in [1.29, 1.82) is 0 Å². The Labute approximate surface area is 285 Å². The highest BCUT2D eigenvalue weighted by Gasteiger charge is 2.49. The van der Waals surface area contributed by atoms with Crippen molar-refractivity contribution in [1.82, 2.24) is 15.4 Å². The predicted octanol–water partition coefficient (Wildman–Crippen LogP) is 7.04. The number of hydrogen-bond acceptors (Lipinski definition) is 8. The van der Waals surface area contributed by atoms with E-state index in [1.165, 1.54) is 11.3 Å². The van der Waals surface area contributed by atoms with Gasteiger partial charge in [-0.2, -0.15) is 11.3 Å². The molecule has 2 aromatic heterocycles. The molecule has 2 aromatic carbocycles. The highest BCUT2D eigenvalue weighted by molar-refractivity contribution is 7.92. The highest BCUT2D eigenvalue weighted by Crippen LogP contribution is 2.40. The van der Waals surface area contributed by atoms with E-state index in [9.17, 15) is 18.0 Å². The molecule has 2 N–H and O–H groups in total. The third-order valence-corrected chi connectivity index (χ3v) is 11.4. The number of amides is 2. The molecule has 1 saturated carbocycles. The van der Waals surface area contributed by atoms with Gasteiger partial charge in [0.25, 0.3) is 21.8 Å². The number of nitrogens with zero attached hydrogens (tertiary/aromatic N) is 3. The Kier molecular flexibility index (Phi) is 9.84. The van der Waals surface area contributed by atoms with Gasteiger partial charge in [-0.25, -0.2) is 13.1 Å². The average molecular weight is 688 g/mol. The number of rotatable bonds is 13. The molecule has 6 rings (SSSR count). The van der Waals surface area contributed by atoms with Crippen LogP contribution in [0.4, 0.5) is 5.88 Å². The van der Waals surface area contributed by atoms with Gasteiger partial charge in [0.1, 0.15) is 11.4 Å². The lowest BCUT2D eigenvalue weighted by molar-refractivity contribution is -0.131. The minimum Gasteiger partial charge on any atom is -0.352 e. The molecule has 10 nitrogen and oxygen atoms in total. The molecule has 1 spiro atoms. The second kappa shape index (κ2) is 14.1. The van der Waals surface area contributed by atoms with Crippen LogP contribution >= 0.6 is 11.3 Å². The van der Waals surface area contributed by atoms with Crippen LogP contribution < -0.4 is 10.0 Å². The van der Waals surface area contributed by atoms with Gasteiger partial charge in [-0.3, -0.25) is 19.5 Å². The molecule has 2 amide bonds. The van der Waals surface area contributed by atoms with E-state index in [1.807, 2.05) is 28.5 Å². The summed E-state index contributed by atoms with van der Waals surface area (Å²) in [5.41, 5.74) is 4.17. The molecule has 12 heteroatoms. The van der Waals surface area contributed by atoms with Crippen LogP contribution in [0.3, 0.4) is 0 Å². The Morgan fingerprint density at radius 3 is 2.56 bits per heavy atom. The van der Waals surface area contributed by atoms with E-state index in [2.05, 4.69) is 22.1 Å². The largest absolute Gasteiger partial charge is 0.352 e. The summed E-state index contributed by atoms with van der Waals surface area (Å²) < 4.78 is 35.4. The molecule has 0 bridgehead atoms. The van der Waals surface area contributed by atoms with Gasteiger partial charge in [-0.15, -0.1) is 0 Å². The zero-order chi connectivity index (χ0) is 33.9. The minimum atomic E-state index is -4.07. The van der Waals surface area contributed by atoms with Crippen LogP contribution in [0.5, 0.6) is 0 Å². The summed E-state index contributed by atoms with van der Waals surface area (Å²) >= 11 is 1.46. The quantitative estimate of drug-likeness (QED) is 0.155. The second-order valence-corrected chi connectivity index (χ2v) is 15.0. The molecule has 1 fully saturated rings. The van der Waals surface area contributed by atoms with Crippen LogP contribution in [0, 0.1) is 13.8 Å². The maximum absolute atomic E-state index is 13.8. The average Bonchev–Trinajstić information content (AvgIpc) is 3.89. The zero-order valence-electron chi connectivity index (χ0n) is 27.5. The van der Waals surface area contributed by atoms with Crippen molar-refractivity contribution in [3.8, 4) is 11.1 Å². The van der Waals surface area contributed by atoms with Gasteiger partial charge in [-0.05, 0) is 73.7 Å². The number of hydrogen-bond donors (Lipinski definition) is 2. The Bertz CT molecular complexity index is 1940. The Hall–Kier alpha value is -4.29. The third-order valence-electron chi connectivity index (χ3n) is 9.31. The summed E-state index contributed by atoms with van der Waals surface area (Å²) in [6.07, 6.45) is 6.76. The van der Waals surface area contributed by atoms with E-state index >= 15 is 0 Å². The first-order chi connectivity index (χ1) is 23.1. The molecule has 2 aliphatic rings. The van der Waals surface area contributed by atoms with Crippen LogP contribution in [0.1, 0.15) is 84.6 Å². The lowest BCUT2D eigenvalue weighted by atomic mass is 9.94. The molecule has 0 atom stereocenters. The fourth-order valence-corrected chi connectivity index (χ4v) is 8.42. The van der Waals surface area contributed by atoms with E-state index in [0.717, 1.165) is 67.5 Å². The summed E-state index contributed by atoms with van der Waals surface area (Å²) in [4.78, 5) is 33.6. The SMILES string of the molecule is CCCCC1=NC2(CCCC2)C(=O)N1Cc1ccc(-c2ccccc2S(=O)(=O)Nc2onc(C)c2C)c(CCNC(=O)c2ccsc2)c1. The first-order valence-electron chi connectivity index (χ1n) is 16.5. The number of carbonyl (C=O) groups is 2. The zero-order valence-corrected chi connectivity index (χ0v) is 29.2. The lowest BCUT2D eigenvalue weighted by Crippen LogP contribution is -2.40. The number of aryl methyl sites for hydroxylation is 1. The number of amidine groups is 1. The van der Waals surface area contributed by atoms with Crippen LogP contribution in [0.2, 0.25) is 0 Å². The fourth-order valence-electron chi connectivity index (χ4n) is 6.51. The molecule has 48 heavy (non-hydrogen) atoms. The topological polar surface area (TPSA) is 134 Å². The summed E-state index contributed by atoms with van der Waals surface area (Å²) in [6.45, 7) is 6.34. The normalized spacial score (nSPS) is 15.7. The number of aliphatic imine (C=N–C) groups is 1. The van der Waals surface area contributed by atoms with Crippen LogP contribution in [-0.2, 0) is 27.8 Å². The number of benzene rings is 2. The maximum atomic E-state index is 13.8. The molecule has 0 saturated heterocycles. The Morgan fingerprint density at radius 1 is 1.06 bits per heavy atom. The maximum Gasteiger partial charge on any atom is 0.264 e. The molecule has 0 unspecified atom stereocenters. The predicted molar refractivity (Wildman–Crippen MR) is 188 cm³/mol. The highest BCUT2D eigenvalue weighted by atomic mass is 32.2. The molecule has 4 aromatic rings. The number of carbonyl (C=O) groups excluding carboxylic acids is 2. The summed E-state index contributed by atoms with van der Waals surface area (Å²) in [7, 11) is -4.07.